The normalized spacial score (nSPS) is 10.6. The number of primary amides is 1. The Balaban J connectivity index is 3.45. The molecule has 0 aliphatic heterocycles. The molecule has 1 amide bonds. The minimum atomic E-state index is -4.08. The molecule has 0 heterocycles. The number of rotatable bonds is 3. The van der Waals surface area contributed by atoms with Gasteiger partial charge in [-0.1, -0.05) is 6.07 Å². The number of carbonyl (C=O) groups excluding carboxylic acids is 1. The van der Waals surface area contributed by atoms with Crippen molar-refractivity contribution in [3.8, 4) is 0 Å². The van der Waals surface area contributed by atoms with Gasteiger partial charge in [-0.05, 0) is 30.2 Å². The zero-order valence-electron chi connectivity index (χ0n) is 8.28. The molecular weight excluding hydrogens is 232 g/mol. The Bertz CT molecular complexity index is 587. The molecule has 0 saturated carbocycles. The maximum atomic E-state index is 11.3. The van der Waals surface area contributed by atoms with E-state index in [1.54, 1.807) is 6.92 Å². The van der Waals surface area contributed by atoms with Crippen molar-refractivity contribution in [3.05, 3.63) is 39.8 Å². The number of azide groups is 1. The summed E-state index contributed by atoms with van der Waals surface area (Å²) in [6.07, 6.45) is 0. The number of benzene rings is 1. The first-order chi connectivity index (χ1) is 7.38. The van der Waals surface area contributed by atoms with Crippen molar-refractivity contribution >= 4 is 15.9 Å². The fourth-order valence-corrected chi connectivity index (χ4v) is 1.82. The van der Waals surface area contributed by atoms with Gasteiger partial charge in [0.05, 0.1) is 4.90 Å². The lowest BCUT2D eigenvalue weighted by atomic mass is 10.1. The molecule has 84 valence electrons. The molecule has 0 radical (unpaired) electrons. The summed E-state index contributed by atoms with van der Waals surface area (Å²) in [7, 11) is -4.08. The van der Waals surface area contributed by atoms with E-state index in [0.29, 0.717) is 5.56 Å². The van der Waals surface area contributed by atoms with Gasteiger partial charge in [-0.2, -0.15) is 0 Å². The van der Waals surface area contributed by atoms with E-state index < -0.39 is 15.9 Å². The molecule has 2 N–H and O–H groups in total. The number of hydrogen-bond acceptors (Lipinski definition) is 3. The average molecular weight is 240 g/mol. The molecular formula is C8H8N4O3S. The number of amides is 1. The zero-order valence-corrected chi connectivity index (χ0v) is 9.10. The second-order valence-corrected chi connectivity index (χ2v) is 4.57. The van der Waals surface area contributed by atoms with E-state index in [9.17, 15) is 13.2 Å². The number of nitrogens with zero attached hydrogens (tertiary/aromatic N) is 3. The monoisotopic (exact) mass is 240 g/mol. The van der Waals surface area contributed by atoms with E-state index in [-0.39, 0.29) is 10.5 Å². The zero-order chi connectivity index (χ0) is 12.3. The maximum Gasteiger partial charge on any atom is 0.264 e. The first-order valence-corrected chi connectivity index (χ1v) is 5.54. The molecule has 0 saturated heterocycles. The van der Waals surface area contributed by atoms with Crippen LogP contribution in [0.1, 0.15) is 15.9 Å². The molecule has 0 aliphatic rings. The second-order valence-electron chi connectivity index (χ2n) is 2.99. The minimum absolute atomic E-state index is 0.0780. The minimum Gasteiger partial charge on any atom is -0.366 e. The van der Waals surface area contributed by atoms with Gasteiger partial charge >= 0.3 is 0 Å². The van der Waals surface area contributed by atoms with Gasteiger partial charge in [0, 0.05) is 15.0 Å². The Kier molecular flexibility index (Phi) is 3.17. The SMILES string of the molecule is Cc1ccc(S(=O)(=O)N=[N+]=[N-])cc1C(N)=O. The molecule has 16 heavy (non-hydrogen) atoms. The lowest BCUT2D eigenvalue weighted by Gasteiger charge is -2.03. The van der Waals surface area contributed by atoms with Gasteiger partial charge in [0.2, 0.25) is 5.91 Å². The summed E-state index contributed by atoms with van der Waals surface area (Å²) in [5.74, 6) is -0.740. The summed E-state index contributed by atoms with van der Waals surface area (Å²) in [5.41, 5.74) is 13.8. The third-order valence-corrected chi connectivity index (χ3v) is 3.05. The predicted octanol–water partition coefficient (Wildman–Crippen LogP) is 1.09. The highest BCUT2D eigenvalue weighted by Gasteiger charge is 2.15. The van der Waals surface area contributed by atoms with Crippen LogP contribution in [-0.2, 0) is 10.0 Å². The third kappa shape index (κ3) is 2.30. The van der Waals surface area contributed by atoms with Gasteiger partial charge < -0.3 is 5.73 Å². The largest absolute Gasteiger partial charge is 0.366 e. The first kappa shape index (κ1) is 12.0. The van der Waals surface area contributed by atoms with Crippen LogP contribution in [0.3, 0.4) is 0 Å². The van der Waals surface area contributed by atoms with Gasteiger partial charge in [-0.15, -0.1) is 0 Å². The Morgan fingerprint density at radius 2 is 2.12 bits per heavy atom. The highest BCUT2D eigenvalue weighted by Crippen LogP contribution is 2.17. The van der Waals surface area contributed by atoms with Crippen molar-refractivity contribution in [2.75, 3.05) is 0 Å². The molecule has 8 heteroatoms. The summed E-state index contributed by atoms with van der Waals surface area (Å²) in [4.78, 5) is 12.9. The van der Waals surface area contributed by atoms with E-state index >= 15 is 0 Å². The van der Waals surface area contributed by atoms with E-state index in [1.165, 1.54) is 12.1 Å². The quantitative estimate of drug-likeness (QED) is 0.482. The van der Waals surface area contributed by atoms with Crippen LogP contribution in [0.15, 0.2) is 27.6 Å². The van der Waals surface area contributed by atoms with Crippen LogP contribution in [-0.4, -0.2) is 14.3 Å². The number of nitrogens with two attached hydrogens (primary N) is 1. The van der Waals surface area contributed by atoms with Crippen LogP contribution in [0.2, 0.25) is 0 Å². The first-order valence-electron chi connectivity index (χ1n) is 4.10. The highest BCUT2D eigenvalue weighted by atomic mass is 32.2. The van der Waals surface area contributed by atoms with Crippen molar-refractivity contribution < 1.29 is 13.2 Å². The summed E-state index contributed by atoms with van der Waals surface area (Å²) in [5, 5.41) is 0. The summed E-state index contributed by atoms with van der Waals surface area (Å²) >= 11 is 0. The third-order valence-electron chi connectivity index (χ3n) is 1.92. The lowest BCUT2D eigenvalue weighted by Crippen LogP contribution is -2.13. The standard InChI is InChI=1S/C8H8N4O3S/c1-5-2-3-6(4-7(5)8(9)13)16(14,15)12-11-10/h2-4H,1H3,(H2,9,13). The summed E-state index contributed by atoms with van der Waals surface area (Å²) in [6.45, 7) is 1.62. The number of carbonyl (C=O) groups is 1. The second kappa shape index (κ2) is 4.21. The molecule has 0 unspecified atom stereocenters. The summed E-state index contributed by atoms with van der Waals surface area (Å²) in [6, 6.07) is 3.74. The lowest BCUT2D eigenvalue weighted by molar-refractivity contribution is 0.0999. The smallest absolute Gasteiger partial charge is 0.264 e. The highest BCUT2D eigenvalue weighted by molar-refractivity contribution is 7.90. The van der Waals surface area contributed by atoms with Crippen LogP contribution >= 0.6 is 0 Å². The van der Waals surface area contributed by atoms with Crippen molar-refractivity contribution in [3.63, 3.8) is 0 Å². The van der Waals surface area contributed by atoms with Crippen molar-refractivity contribution in [2.45, 2.75) is 11.8 Å². The van der Waals surface area contributed by atoms with Gasteiger partial charge in [-0.25, -0.2) is 8.42 Å². The number of aryl methyl sites for hydroxylation is 1. The Morgan fingerprint density at radius 3 is 2.62 bits per heavy atom. The summed E-state index contributed by atoms with van der Waals surface area (Å²) < 4.78 is 25.3. The molecule has 1 rings (SSSR count). The van der Waals surface area contributed by atoms with Crippen LogP contribution in [0.5, 0.6) is 0 Å². The molecule has 0 bridgehead atoms. The van der Waals surface area contributed by atoms with E-state index in [1.807, 2.05) is 0 Å². The van der Waals surface area contributed by atoms with E-state index in [2.05, 4.69) is 9.43 Å². The molecule has 0 fully saturated rings. The fourth-order valence-electron chi connectivity index (χ4n) is 1.12. The van der Waals surface area contributed by atoms with E-state index in [4.69, 9.17) is 11.3 Å². The van der Waals surface area contributed by atoms with Crippen molar-refractivity contribution in [2.24, 2.45) is 10.3 Å². The molecule has 0 aromatic heterocycles. The molecule has 0 aliphatic carbocycles. The Hall–Kier alpha value is -2.05. The van der Waals surface area contributed by atoms with E-state index in [0.717, 1.165) is 6.07 Å². The molecule has 0 spiro atoms. The molecule has 0 atom stereocenters. The fraction of sp³-hybridized carbons (Fsp3) is 0.125. The molecule has 1 aromatic carbocycles. The van der Waals surface area contributed by atoms with Crippen LogP contribution in [0.4, 0.5) is 0 Å². The van der Waals surface area contributed by atoms with Crippen LogP contribution in [0, 0.1) is 6.92 Å². The molecule has 7 nitrogen and oxygen atoms in total. The maximum absolute atomic E-state index is 11.3. The van der Waals surface area contributed by atoms with Gasteiger partial charge in [0.1, 0.15) is 0 Å². The Labute approximate surface area is 91.6 Å². The van der Waals surface area contributed by atoms with Crippen LogP contribution < -0.4 is 5.73 Å². The predicted molar refractivity (Wildman–Crippen MR) is 56.0 cm³/mol. The van der Waals surface area contributed by atoms with Crippen molar-refractivity contribution in [1.29, 1.82) is 0 Å². The van der Waals surface area contributed by atoms with Gasteiger partial charge in [0.15, 0.2) is 0 Å². The molecule has 1 aromatic rings. The number of hydrogen-bond donors (Lipinski definition) is 1. The van der Waals surface area contributed by atoms with Crippen molar-refractivity contribution in [1.82, 2.24) is 0 Å². The van der Waals surface area contributed by atoms with Gasteiger partial charge in [-0.3, -0.25) is 4.79 Å². The average Bonchev–Trinajstić information content (AvgIpc) is 2.17. The topological polar surface area (TPSA) is 126 Å². The van der Waals surface area contributed by atoms with Crippen LogP contribution in [0.25, 0.3) is 10.4 Å². The number of sulfonamides is 1. The van der Waals surface area contributed by atoms with Gasteiger partial charge in [0.25, 0.3) is 10.0 Å². The Morgan fingerprint density at radius 1 is 1.50 bits per heavy atom.